The lowest BCUT2D eigenvalue weighted by molar-refractivity contribution is 0.0427. The second-order valence-electron chi connectivity index (χ2n) is 6.08. The van der Waals surface area contributed by atoms with Crippen molar-refractivity contribution >= 4 is 33.3 Å². The first kappa shape index (κ1) is 16.0. The molecule has 1 aliphatic heterocycles. The quantitative estimate of drug-likeness (QED) is 0.755. The van der Waals surface area contributed by atoms with Crippen LogP contribution < -0.4 is 5.32 Å². The third-order valence-corrected chi connectivity index (χ3v) is 5.42. The topological polar surface area (TPSA) is 78.4 Å². The maximum atomic E-state index is 12.9. The number of nitrogens with zero attached hydrogens (tertiary/aromatic N) is 3. The largest absolute Gasteiger partial charge is 0.389 e. The van der Waals surface area contributed by atoms with Crippen molar-refractivity contribution in [1.82, 2.24) is 14.9 Å². The van der Waals surface area contributed by atoms with Crippen LogP contribution in [-0.4, -0.2) is 51.1 Å². The molecule has 3 heterocycles. The van der Waals surface area contributed by atoms with Gasteiger partial charge in [0.2, 0.25) is 5.95 Å². The Balaban J connectivity index is 1.46. The van der Waals surface area contributed by atoms with E-state index < -0.39 is 6.10 Å². The number of hydrogen-bond donors (Lipinski definition) is 2. The number of benzene rings is 1. The van der Waals surface area contributed by atoms with Gasteiger partial charge in [-0.15, -0.1) is 11.3 Å². The standard InChI is InChI=1S/C18H18N4O2S/c23-15-10-22(9-6-14(15)21-18-19-7-3-8-20-18)17(24)13-11-25-16-5-2-1-4-12(13)16/h1-5,7-8,11,14-15,23H,6,9-10H2,(H,19,20,21)/t14-,15-/m0/s1. The zero-order valence-corrected chi connectivity index (χ0v) is 14.3. The summed E-state index contributed by atoms with van der Waals surface area (Å²) < 4.78 is 1.10. The third kappa shape index (κ3) is 3.20. The number of likely N-dealkylation sites (tertiary alicyclic amines) is 1. The summed E-state index contributed by atoms with van der Waals surface area (Å²) in [5.74, 6) is 0.473. The summed E-state index contributed by atoms with van der Waals surface area (Å²) >= 11 is 1.57. The molecule has 4 rings (SSSR count). The van der Waals surface area contributed by atoms with Crippen molar-refractivity contribution in [1.29, 1.82) is 0 Å². The molecule has 0 spiro atoms. The molecule has 0 aliphatic carbocycles. The van der Waals surface area contributed by atoms with Gasteiger partial charge >= 0.3 is 0 Å². The van der Waals surface area contributed by atoms with Crippen LogP contribution in [0.5, 0.6) is 0 Å². The van der Waals surface area contributed by atoms with Crippen LogP contribution in [0.1, 0.15) is 16.8 Å². The van der Waals surface area contributed by atoms with Crippen LogP contribution in [0.3, 0.4) is 0 Å². The monoisotopic (exact) mass is 354 g/mol. The van der Waals surface area contributed by atoms with Crippen LogP contribution in [0.25, 0.3) is 10.1 Å². The zero-order valence-electron chi connectivity index (χ0n) is 13.5. The van der Waals surface area contributed by atoms with E-state index in [0.29, 0.717) is 31.0 Å². The number of carbonyl (C=O) groups excluding carboxylic acids is 1. The molecule has 2 N–H and O–H groups in total. The highest BCUT2D eigenvalue weighted by molar-refractivity contribution is 7.17. The number of aromatic nitrogens is 2. The van der Waals surface area contributed by atoms with Gasteiger partial charge in [-0.1, -0.05) is 18.2 Å². The second-order valence-corrected chi connectivity index (χ2v) is 6.99. The van der Waals surface area contributed by atoms with Crippen molar-refractivity contribution < 1.29 is 9.90 Å². The van der Waals surface area contributed by atoms with Gasteiger partial charge in [-0.2, -0.15) is 0 Å². The molecular formula is C18H18N4O2S. The number of hydrogen-bond acceptors (Lipinski definition) is 6. The van der Waals surface area contributed by atoms with E-state index in [9.17, 15) is 9.90 Å². The first-order valence-corrected chi connectivity index (χ1v) is 9.07. The predicted octanol–water partition coefficient (Wildman–Crippen LogP) is 2.38. The number of fused-ring (bicyclic) bond motifs is 1. The molecule has 1 amide bonds. The summed E-state index contributed by atoms with van der Waals surface area (Å²) in [5.41, 5.74) is 0.714. The van der Waals surface area contributed by atoms with Gasteiger partial charge in [-0.05, 0) is 18.6 Å². The summed E-state index contributed by atoms with van der Waals surface area (Å²) in [4.78, 5) is 22.8. The molecule has 3 aromatic rings. The summed E-state index contributed by atoms with van der Waals surface area (Å²) in [6, 6.07) is 9.48. The summed E-state index contributed by atoms with van der Waals surface area (Å²) in [5, 5.41) is 16.5. The molecule has 1 saturated heterocycles. The van der Waals surface area contributed by atoms with Crippen molar-refractivity contribution in [3.63, 3.8) is 0 Å². The van der Waals surface area contributed by atoms with Crippen molar-refractivity contribution in [3.8, 4) is 0 Å². The molecule has 0 unspecified atom stereocenters. The van der Waals surface area contributed by atoms with Gasteiger partial charge in [-0.3, -0.25) is 4.79 Å². The molecule has 2 aromatic heterocycles. The number of carbonyl (C=O) groups is 1. The van der Waals surface area contributed by atoms with E-state index in [1.165, 1.54) is 0 Å². The lowest BCUT2D eigenvalue weighted by Crippen LogP contribution is -2.51. The zero-order chi connectivity index (χ0) is 17.2. The van der Waals surface area contributed by atoms with E-state index >= 15 is 0 Å². The minimum Gasteiger partial charge on any atom is -0.389 e. The number of anilines is 1. The molecule has 128 valence electrons. The second kappa shape index (κ2) is 6.78. The molecule has 0 bridgehead atoms. The Morgan fingerprint density at radius 1 is 1.24 bits per heavy atom. The lowest BCUT2D eigenvalue weighted by atomic mass is 10.0. The normalized spacial score (nSPS) is 20.6. The number of β-amino-alcohol motifs (C(OH)–C–C–N with tert-alkyl or cyclic N) is 1. The SMILES string of the molecule is O=C(c1csc2ccccc12)N1CC[C@H](Nc2ncccn2)[C@@H](O)C1. The van der Waals surface area contributed by atoms with Crippen molar-refractivity contribution in [2.75, 3.05) is 18.4 Å². The highest BCUT2D eigenvalue weighted by atomic mass is 32.1. The average molecular weight is 354 g/mol. The maximum Gasteiger partial charge on any atom is 0.255 e. The van der Waals surface area contributed by atoms with Crippen LogP contribution in [0.15, 0.2) is 48.1 Å². The van der Waals surface area contributed by atoms with E-state index in [1.54, 1.807) is 34.7 Å². The van der Waals surface area contributed by atoms with Crippen LogP contribution in [0, 0.1) is 0 Å². The van der Waals surface area contributed by atoms with Crippen molar-refractivity contribution in [3.05, 3.63) is 53.7 Å². The fourth-order valence-corrected chi connectivity index (χ4v) is 4.07. The van der Waals surface area contributed by atoms with E-state index in [4.69, 9.17) is 0 Å². The van der Waals surface area contributed by atoms with Gasteiger partial charge in [0.15, 0.2) is 0 Å². The van der Waals surface area contributed by atoms with Crippen LogP contribution in [-0.2, 0) is 0 Å². The van der Waals surface area contributed by atoms with Gasteiger partial charge < -0.3 is 15.3 Å². The number of nitrogens with one attached hydrogen (secondary N) is 1. The van der Waals surface area contributed by atoms with Gasteiger partial charge in [0.1, 0.15) is 0 Å². The number of amides is 1. The Kier molecular flexibility index (Phi) is 4.33. The van der Waals surface area contributed by atoms with E-state index in [2.05, 4.69) is 15.3 Å². The lowest BCUT2D eigenvalue weighted by Gasteiger charge is -2.36. The van der Waals surface area contributed by atoms with Gasteiger partial charge in [0, 0.05) is 40.9 Å². The predicted molar refractivity (Wildman–Crippen MR) is 97.8 cm³/mol. The highest BCUT2D eigenvalue weighted by Crippen LogP contribution is 2.27. The van der Waals surface area contributed by atoms with Crippen molar-refractivity contribution in [2.45, 2.75) is 18.6 Å². The van der Waals surface area contributed by atoms with Crippen LogP contribution in [0.2, 0.25) is 0 Å². The summed E-state index contributed by atoms with van der Waals surface area (Å²) in [6.07, 6.45) is 3.29. The van der Waals surface area contributed by atoms with Crippen LogP contribution in [0.4, 0.5) is 5.95 Å². The molecule has 0 radical (unpaired) electrons. The number of aliphatic hydroxyl groups excluding tert-OH is 1. The summed E-state index contributed by atoms with van der Waals surface area (Å²) in [7, 11) is 0. The molecule has 1 aromatic carbocycles. The molecule has 6 nitrogen and oxygen atoms in total. The molecular weight excluding hydrogens is 336 g/mol. The van der Waals surface area contributed by atoms with Crippen LogP contribution >= 0.6 is 11.3 Å². The minimum atomic E-state index is -0.661. The van der Waals surface area contributed by atoms with E-state index in [-0.39, 0.29) is 11.9 Å². The number of aliphatic hydroxyl groups is 1. The Morgan fingerprint density at radius 2 is 2.04 bits per heavy atom. The minimum absolute atomic E-state index is 0.0223. The summed E-state index contributed by atoms with van der Waals surface area (Å²) in [6.45, 7) is 0.887. The fourth-order valence-electron chi connectivity index (χ4n) is 3.14. The van der Waals surface area contributed by atoms with E-state index in [1.807, 2.05) is 29.6 Å². The first-order chi connectivity index (χ1) is 12.2. The van der Waals surface area contributed by atoms with Crippen molar-refractivity contribution in [2.24, 2.45) is 0 Å². The Bertz CT molecular complexity index is 883. The molecule has 1 aliphatic rings. The number of rotatable bonds is 3. The number of thiophene rings is 1. The molecule has 0 saturated carbocycles. The number of piperidine rings is 1. The molecule has 1 fully saturated rings. The van der Waals surface area contributed by atoms with E-state index in [0.717, 1.165) is 10.1 Å². The Labute approximate surface area is 149 Å². The Hall–Kier alpha value is -2.51. The molecule has 7 heteroatoms. The molecule has 25 heavy (non-hydrogen) atoms. The van der Waals surface area contributed by atoms with Gasteiger partial charge in [0.05, 0.1) is 17.7 Å². The average Bonchev–Trinajstić information content (AvgIpc) is 3.08. The van der Waals surface area contributed by atoms with Gasteiger partial charge in [0.25, 0.3) is 5.91 Å². The van der Waals surface area contributed by atoms with Gasteiger partial charge in [-0.25, -0.2) is 9.97 Å². The maximum absolute atomic E-state index is 12.9. The Morgan fingerprint density at radius 3 is 2.84 bits per heavy atom. The highest BCUT2D eigenvalue weighted by Gasteiger charge is 2.31. The smallest absolute Gasteiger partial charge is 0.255 e. The first-order valence-electron chi connectivity index (χ1n) is 8.19. The molecule has 2 atom stereocenters. The third-order valence-electron chi connectivity index (χ3n) is 4.46. The fraction of sp³-hybridized carbons (Fsp3) is 0.278.